The highest BCUT2D eigenvalue weighted by molar-refractivity contribution is 6.08. The number of fused-ring (bicyclic) bond motifs is 1. The van der Waals surface area contributed by atoms with Crippen LogP contribution in [0.4, 0.5) is 4.79 Å². The highest BCUT2D eigenvalue weighted by atomic mass is 16.2. The lowest BCUT2D eigenvalue weighted by Crippen LogP contribution is -2.42. The first-order valence-corrected chi connectivity index (χ1v) is 8.80. The SMILES string of the molecule is CN1C/C(=C\c2ccccc2)C2=NN(C(N)=O)[C@@H](c3ccccc3)[C@H]2C1. The predicted octanol–water partition coefficient (Wildman–Crippen LogP) is 3.12. The van der Waals surface area contributed by atoms with Gasteiger partial charge in [-0.25, -0.2) is 9.80 Å². The molecule has 0 bridgehead atoms. The molecule has 0 unspecified atom stereocenters. The van der Waals surface area contributed by atoms with E-state index in [0.29, 0.717) is 0 Å². The van der Waals surface area contributed by atoms with Gasteiger partial charge in [0.25, 0.3) is 0 Å². The first-order chi connectivity index (χ1) is 12.6. The minimum Gasteiger partial charge on any atom is -0.350 e. The summed E-state index contributed by atoms with van der Waals surface area (Å²) >= 11 is 0. The van der Waals surface area contributed by atoms with E-state index in [-0.39, 0.29) is 12.0 Å². The number of urea groups is 1. The van der Waals surface area contributed by atoms with Gasteiger partial charge in [-0.2, -0.15) is 5.10 Å². The Balaban J connectivity index is 1.77. The number of nitrogens with zero attached hydrogens (tertiary/aromatic N) is 3. The third-order valence-electron chi connectivity index (χ3n) is 5.00. The molecule has 5 nitrogen and oxygen atoms in total. The molecule has 2 aliphatic heterocycles. The quantitative estimate of drug-likeness (QED) is 0.908. The van der Waals surface area contributed by atoms with E-state index in [4.69, 9.17) is 5.73 Å². The smallest absolute Gasteiger partial charge is 0.335 e. The van der Waals surface area contributed by atoms with Crippen molar-refractivity contribution in [3.8, 4) is 0 Å². The summed E-state index contributed by atoms with van der Waals surface area (Å²) in [7, 11) is 2.10. The molecule has 1 saturated heterocycles. The number of rotatable bonds is 2. The summed E-state index contributed by atoms with van der Waals surface area (Å²) in [5.41, 5.74) is 9.96. The average molecular weight is 346 g/mol. The van der Waals surface area contributed by atoms with Crippen molar-refractivity contribution in [3.05, 3.63) is 77.4 Å². The molecule has 2 heterocycles. The van der Waals surface area contributed by atoms with E-state index < -0.39 is 6.03 Å². The molecule has 132 valence electrons. The molecule has 0 aromatic heterocycles. The maximum Gasteiger partial charge on any atom is 0.335 e. The molecule has 0 spiro atoms. The molecule has 2 aromatic carbocycles. The summed E-state index contributed by atoms with van der Waals surface area (Å²) in [5, 5.41) is 6.11. The van der Waals surface area contributed by atoms with Gasteiger partial charge in [-0.05, 0) is 29.8 Å². The Morgan fingerprint density at radius 1 is 1.12 bits per heavy atom. The lowest BCUT2D eigenvalue weighted by molar-refractivity contribution is 0.176. The standard InChI is InChI=1S/C21H22N4O/c1-24-13-17(12-15-8-4-2-5-9-15)19-18(14-24)20(25(23-19)21(22)26)16-10-6-3-7-11-16/h2-12,18,20H,13-14H2,1H3,(H2,22,26)/b17-12+/t18-,20-/m0/s1. The van der Waals surface area contributed by atoms with Gasteiger partial charge in [0.1, 0.15) is 0 Å². The van der Waals surface area contributed by atoms with Gasteiger partial charge in [0.15, 0.2) is 0 Å². The fourth-order valence-electron chi connectivity index (χ4n) is 3.91. The molecular weight excluding hydrogens is 324 g/mol. The van der Waals surface area contributed by atoms with Crippen LogP contribution in [0.3, 0.4) is 0 Å². The van der Waals surface area contributed by atoms with Crippen LogP contribution < -0.4 is 5.73 Å². The second kappa shape index (κ2) is 6.77. The number of carbonyl (C=O) groups excluding carboxylic acids is 1. The second-order valence-corrected chi connectivity index (χ2v) is 6.91. The lowest BCUT2D eigenvalue weighted by Gasteiger charge is -2.33. The van der Waals surface area contributed by atoms with E-state index in [2.05, 4.69) is 35.3 Å². The van der Waals surface area contributed by atoms with E-state index in [1.807, 2.05) is 48.5 Å². The molecule has 26 heavy (non-hydrogen) atoms. The molecule has 2 aromatic rings. The van der Waals surface area contributed by atoms with Crippen LogP contribution in [0.25, 0.3) is 6.08 Å². The van der Waals surface area contributed by atoms with Gasteiger partial charge >= 0.3 is 6.03 Å². The molecule has 0 aliphatic carbocycles. The van der Waals surface area contributed by atoms with Gasteiger partial charge in [-0.1, -0.05) is 60.7 Å². The third-order valence-corrected chi connectivity index (χ3v) is 5.00. The first-order valence-electron chi connectivity index (χ1n) is 8.80. The van der Waals surface area contributed by atoms with Crippen molar-refractivity contribution < 1.29 is 4.79 Å². The molecular formula is C21H22N4O. The van der Waals surface area contributed by atoms with Crippen molar-refractivity contribution in [2.24, 2.45) is 16.8 Å². The van der Waals surface area contributed by atoms with Crippen molar-refractivity contribution in [1.82, 2.24) is 9.91 Å². The number of hydrogen-bond acceptors (Lipinski definition) is 3. The number of benzene rings is 2. The van der Waals surface area contributed by atoms with Crippen LogP contribution in [-0.4, -0.2) is 41.8 Å². The van der Waals surface area contributed by atoms with E-state index in [1.165, 1.54) is 5.01 Å². The Bertz CT molecular complexity index is 860. The van der Waals surface area contributed by atoms with Crippen LogP contribution in [0, 0.1) is 5.92 Å². The van der Waals surface area contributed by atoms with Crippen LogP contribution in [0.2, 0.25) is 0 Å². The van der Waals surface area contributed by atoms with Crippen LogP contribution in [0.5, 0.6) is 0 Å². The molecule has 5 heteroatoms. The van der Waals surface area contributed by atoms with Gasteiger partial charge in [0, 0.05) is 19.0 Å². The zero-order valence-corrected chi connectivity index (χ0v) is 14.7. The number of carbonyl (C=O) groups is 1. The molecule has 2 atom stereocenters. The van der Waals surface area contributed by atoms with Gasteiger partial charge in [0.2, 0.25) is 0 Å². The Kier molecular flexibility index (Phi) is 4.31. The summed E-state index contributed by atoms with van der Waals surface area (Å²) in [5.74, 6) is 0.110. The summed E-state index contributed by atoms with van der Waals surface area (Å²) in [6.45, 7) is 1.65. The molecule has 0 saturated carbocycles. The molecule has 4 rings (SSSR count). The highest BCUT2D eigenvalue weighted by Crippen LogP contribution is 2.40. The molecule has 2 aliphatic rings. The normalized spacial score (nSPS) is 24.4. The third kappa shape index (κ3) is 3.02. The Morgan fingerprint density at radius 3 is 2.42 bits per heavy atom. The number of likely N-dealkylation sites (tertiary alicyclic amines) is 1. The van der Waals surface area contributed by atoms with Crippen molar-refractivity contribution >= 4 is 17.8 Å². The lowest BCUT2D eigenvalue weighted by atomic mass is 9.83. The maximum atomic E-state index is 12.1. The van der Waals surface area contributed by atoms with E-state index in [0.717, 1.165) is 35.5 Å². The number of amides is 2. The molecule has 1 fully saturated rings. The number of hydrogen-bond donors (Lipinski definition) is 1. The van der Waals surface area contributed by atoms with Gasteiger partial charge in [0.05, 0.1) is 11.8 Å². The summed E-state index contributed by atoms with van der Waals surface area (Å²) in [6, 6.07) is 19.5. The first kappa shape index (κ1) is 16.5. The number of hydrazone groups is 1. The largest absolute Gasteiger partial charge is 0.350 e. The van der Waals surface area contributed by atoms with E-state index in [1.54, 1.807) is 0 Å². The highest BCUT2D eigenvalue weighted by Gasteiger charge is 2.44. The Morgan fingerprint density at radius 2 is 1.77 bits per heavy atom. The average Bonchev–Trinajstić information content (AvgIpc) is 3.03. The zero-order valence-electron chi connectivity index (χ0n) is 14.7. The number of piperidine rings is 1. The monoisotopic (exact) mass is 346 g/mol. The molecule has 2 amide bonds. The van der Waals surface area contributed by atoms with Gasteiger partial charge in [-0.3, -0.25) is 0 Å². The molecule has 2 N–H and O–H groups in total. The van der Waals surface area contributed by atoms with Crippen molar-refractivity contribution in [1.29, 1.82) is 0 Å². The number of primary amides is 1. The topological polar surface area (TPSA) is 61.9 Å². The van der Waals surface area contributed by atoms with E-state index in [9.17, 15) is 4.79 Å². The van der Waals surface area contributed by atoms with Crippen LogP contribution in [-0.2, 0) is 0 Å². The summed E-state index contributed by atoms with van der Waals surface area (Å²) < 4.78 is 0. The van der Waals surface area contributed by atoms with Gasteiger partial charge < -0.3 is 10.6 Å². The van der Waals surface area contributed by atoms with Crippen molar-refractivity contribution in [3.63, 3.8) is 0 Å². The Labute approximate surface area is 153 Å². The number of nitrogens with two attached hydrogens (primary N) is 1. The zero-order chi connectivity index (χ0) is 18.1. The van der Waals surface area contributed by atoms with Crippen LogP contribution >= 0.6 is 0 Å². The minimum absolute atomic E-state index is 0.110. The van der Waals surface area contributed by atoms with Crippen LogP contribution in [0.15, 0.2) is 71.3 Å². The predicted molar refractivity (Wildman–Crippen MR) is 103 cm³/mol. The van der Waals surface area contributed by atoms with Crippen LogP contribution in [0.1, 0.15) is 17.2 Å². The Hall–Kier alpha value is -2.92. The number of likely N-dealkylation sites (N-methyl/N-ethyl adjacent to an activating group) is 1. The summed E-state index contributed by atoms with van der Waals surface area (Å²) in [4.78, 5) is 14.4. The second-order valence-electron chi connectivity index (χ2n) is 6.91. The maximum absolute atomic E-state index is 12.1. The fourth-order valence-corrected chi connectivity index (χ4v) is 3.91. The summed E-state index contributed by atoms with van der Waals surface area (Å²) in [6.07, 6.45) is 2.16. The minimum atomic E-state index is -0.512. The fraction of sp³-hybridized carbons (Fsp3) is 0.238. The van der Waals surface area contributed by atoms with E-state index >= 15 is 0 Å². The van der Waals surface area contributed by atoms with Crippen molar-refractivity contribution in [2.75, 3.05) is 20.1 Å². The van der Waals surface area contributed by atoms with Gasteiger partial charge in [-0.15, -0.1) is 0 Å². The molecule has 0 radical (unpaired) electrons. The van der Waals surface area contributed by atoms with Crippen molar-refractivity contribution in [2.45, 2.75) is 6.04 Å².